The molecule has 1 rings (SSSR count). The molecule has 0 saturated carbocycles. The van der Waals surface area contributed by atoms with Crippen molar-refractivity contribution in [3.05, 3.63) is 35.9 Å². The molecule has 0 spiro atoms. The summed E-state index contributed by atoms with van der Waals surface area (Å²) in [4.78, 5) is 11.8. The van der Waals surface area contributed by atoms with Crippen molar-refractivity contribution in [2.45, 2.75) is 51.9 Å². The van der Waals surface area contributed by atoms with Crippen LogP contribution in [0.1, 0.15) is 57.4 Å². The lowest BCUT2D eigenvalue weighted by Gasteiger charge is -2.04. The van der Waals surface area contributed by atoms with E-state index in [-0.39, 0.29) is 12.7 Å². The number of carbonyl (C=O) groups is 1. The molecule has 0 unspecified atom stereocenters. The number of rotatable bonds is 13. The van der Waals surface area contributed by atoms with Gasteiger partial charge in [-0.25, -0.2) is 0 Å². The van der Waals surface area contributed by atoms with E-state index < -0.39 is 0 Å². The van der Waals surface area contributed by atoms with Gasteiger partial charge in [0.2, 0.25) is 5.91 Å². The zero-order chi connectivity index (χ0) is 17.5. The molecule has 0 saturated heterocycles. The minimum absolute atomic E-state index is 0.0410. The van der Waals surface area contributed by atoms with Gasteiger partial charge < -0.3 is 14.8 Å². The Morgan fingerprint density at radius 2 is 1.71 bits per heavy atom. The Labute approximate surface area is 146 Å². The van der Waals surface area contributed by atoms with Gasteiger partial charge in [0, 0.05) is 19.7 Å². The van der Waals surface area contributed by atoms with E-state index in [0.717, 1.165) is 24.3 Å². The topological polar surface area (TPSA) is 47.6 Å². The average molecular weight is 333 g/mol. The molecule has 1 amide bonds. The number of hydrogen-bond donors (Lipinski definition) is 1. The quantitative estimate of drug-likeness (QED) is 0.327. The van der Waals surface area contributed by atoms with E-state index >= 15 is 0 Å². The van der Waals surface area contributed by atoms with Crippen molar-refractivity contribution in [1.82, 2.24) is 5.32 Å². The zero-order valence-electron chi connectivity index (χ0n) is 15.1. The predicted molar refractivity (Wildman–Crippen MR) is 99.0 cm³/mol. The minimum Gasteiger partial charge on any atom is -0.468 e. The first kappa shape index (κ1) is 20.2. The molecular weight excluding hydrogens is 302 g/mol. The van der Waals surface area contributed by atoms with E-state index in [2.05, 4.69) is 12.2 Å². The fraction of sp³-hybridized carbons (Fsp3) is 0.550. The Morgan fingerprint density at radius 1 is 1.04 bits per heavy atom. The highest BCUT2D eigenvalue weighted by atomic mass is 16.7. The predicted octanol–water partition coefficient (Wildman–Crippen LogP) is 4.55. The summed E-state index contributed by atoms with van der Waals surface area (Å²) in [6, 6.07) is 7.53. The molecule has 0 fully saturated rings. The first-order chi connectivity index (χ1) is 11.8. The van der Waals surface area contributed by atoms with E-state index in [1.807, 2.05) is 24.3 Å². The van der Waals surface area contributed by atoms with Crippen LogP contribution in [0.15, 0.2) is 30.3 Å². The van der Waals surface area contributed by atoms with Crippen molar-refractivity contribution in [3.63, 3.8) is 0 Å². The molecule has 0 heterocycles. The lowest BCUT2D eigenvalue weighted by atomic mass is 10.1. The molecule has 1 aromatic carbocycles. The smallest absolute Gasteiger partial charge is 0.243 e. The molecule has 24 heavy (non-hydrogen) atoms. The number of methoxy groups -OCH3 is 1. The summed E-state index contributed by atoms with van der Waals surface area (Å²) >= 11 is 0. The molecule has 0 radical (unpaired) electrons. The second-order valence-corrected chi connectivity index (χ2v) is 5.87. The largest absolute Gasteiger partial charge is 0.468 e. The summed E-state index contributed by atoms with van der Waals surface area (Å²) < 4.78 is 10.2. The van der Waals surface area contributed by atoms with Crippen LogP contribution in [0, 0.1) is 0 Å². The van der Waals surface area contributed by atoms with Gasteiger partial charge in [-0.3, -0.25) is 4.79 Å². The van der Waals surface area contributed by atoms with E-state index in [1.54, 1.807) is 19.3 Å². The molecule has 134 valence electrons. The number of unbranched alkanes of at least 4 members (excludes halogenated alkanes) is 6. The monoisotopic (exact) mass is 333 g/mol. The molecule has 0 bridgehead atoms. The molecular formula is C20H31NO3. The van der Waals surface area contributed by atoms with Crippen molar-refractivity contribution >= 4 is 12.0 Å². The first-order valence-corrected chi connectivity index (χ1v) is 8.94. The maximum absolute atomic E-state index is 11.8. The molecule has 0 aromatic heterocycles. The third kappa shape index (κ3) is 10.1. The second kappa shape index (κ2) is 13.6. The average Bonchev–Trinajstić information content (AvgIpc) is 2.61. The summed E-state index contributed by atoms with van der Waals surface area (Å²) in [5.41, 5.74) is 0.964. The SMILES string of the molecule is CCCCCCCCCNC(=O)/C=C/c1ccc(OCOC)cc1. The standard InChI is InChI=1S/C20H31NO3/c1-3-4-5-6-7-8-9-16-21-20(22)15-12-18-10-13-19(14-11-18)24-17-23-2/h10-15H,3-9,16-17H2,1-2H3,(H,21,22)/b15-12+. The zero-order valence-corrected chi connectivity index (χ0v) is 15.1. The number of ether oxygens (including phenoxy) is 2. The van der Waals surface area contributed by atoms with Gasteiger partial charge in [-0.2, -0.15) is 0 Å². The number of benzene rings is 1. The van der Waals surface area contributed by atoms with Crippen molar-refractivity contribution in [2.24, 2.45) is 0 Å². The summed E-state index contributed by atoms with van der Waals surface area (Å²) in [5.74, 6) is 0.707. The molecule has 0 aliphatic rings. The Kier molecular flexibility index (Phi) is 11.5. The maximum Gasteiger partial charge on any atom is 0.243 e. The highest BCUT2D eigenvalue weighted by Gasteiger charge is 1.97. The van der Waals surface area contributed by atoms with Gasteiger partial charge in [-0.05, 0) is 30.2 Å². The molecule has 1 N–H and O–H groups in total. The van der Waals surface area contributed by atoms with Gasteiger partial charge in [0.15, 0.2) is 6.79 Å². The van der Waals surface area contributed by atoms with Gasteiger partial charge in [0.05, 0.1) is 0 Å². The van der Waals surface area contributed by atoms with Crippen LogP contribution in [0.2, 0.25) is 0 Å². The van der Waals surface area contributed by atoms with Crippen LogP contribution < -0.4 is 10.1 Å². The number of nitrogens with one attached hydrogen (secondary N) is 1. The molecule has 0 aliphatic heterocycles. The van der Waals surface area contributed by atoms with Gasteiger partial charge in [0.1, 0.15) is 5.75 Å². The Morgan fingerprint density at radius 3 is 2.38 bits per heavy atom. The van der Waals surface area contributed by atoms with Gasteiger partial charge in [-0.15, -0.1) is 0 Å². The molecule has 1 aromatic rings. The van der Waals surface area contributed by atoms with Crippen molar-refractivity contribution in [3.8, 4) is 5.75 Å². The normalized spacial score (nSPS) is 10.9. The fourth-order valence-corrected chi connectivity index (χ4v) is 2.33. The summed E-state index contributed by atoms with van der Waals surface area (Å²) in [6.45, 7) is 3.21. The van der Waals surface area contributed by atoms with Crippen LogP contribution in [0.5, 0.6) is 5.75 Å². The molecule has 0 aliphatic carbocycles. The van der Waals surface area contributed by atoms with Crippen LogP contribution in [0.4, 0.5) is 0 Å². The Balaban J connectivity index is 2.14. The number of amides is 1. The molecule has 4 nitrogen and oxygen atoms in total. The second-order valence-electron chi connectivity index (χ2n) is 5.87. The van der Waals surface area contributed by atoms with E-state index in [4.69, 9.17) is 9.47 Å². The van der Waals surface area contributed by atoms with E-state index in [0.29, 0.717) is 0 Å². The first-order valence-electron chi connectivity index (χ1n) is 8.94. The van der Waals surface area contributed by atoms with Crippen molar-refractivity contribution in [2.75, 3.05) is 20.4 Å². The Hall–Kier alpha value is -1.81. The lowest BCUT2D eigenvalue weighted by Crippen LogP contribution is -2.21. The van der Waals surface area contributed by atoms with Crippen molar-refractivity contribution in [1.29, 1.82) is 0 Å². The van der Waals surface area contributed by atoms with Gasteiger partial charge >= 0.3 is 0 Å². The number of hydrogen-bond acceptors (Lipinski definition) is 3. The van der Waals surface area contributed by atoms with Crippen molar-refractivity contribution < 1.29 is 14.3 Å². The molecule has 4 heteroatoms. The third-order valence-corrected chi connectivity index (χ3v) is 3.73. The van der Waals surface area contributed by atoms with Crippen LogP contribution in [0.25, 0.3) is 6.08 Å². The minimum atomic E-state index is -0.0410. The fourth-order valence-electron chi connectivity index (χ4n) is 2.33. The van der Waals surface area contributed by atoms with E-state index in [9.17, 15) is 4.79 Å². The van der Waals surface area contributed by atoms with Gasteiger partial charge in [-0.1, -0.05) is 57.6 Å². The van der Waals surface area contributed by atoms with Crippen LogP contribution in [-0.4, -0.2) is 26.4 Å². The summed E-state index contributed by atoms with van der Waals surface area (Å²) in [6.07, 6.45) is 12.2. The third-order valence-electron chi connectivity index (χ3n) is 3.73. The maximum atomic E-state index is 11.8. The molecule has 0 atom stereocenters. The van der Waals surface area contributed by atoms with Crippen LogP contribution in [-0.2, 0) is 9.53 Å². The van der Waals surface area contributed by atoms with Crippen LogP contribution >= 0.6 is 0 Å². The Bertz CT molecular complexity index is 468. The summed E-state index contributed by atoms with van der Waals surface area (Å²) in [7, 11) is 1.59. The van der Waals surface area contributed by atoms with E-state index in [1.165, 1.54) is 38.5 Å². The van der Waals surface area contributed by atoms with Gasteiger partial charge in [0.25, 0.3) is 0 Å². The lowest BCUT2D eigenvalue weighted by molar-refractivity contribution is -0.116. The number of carbonyl (C=O) groups excluding carboxylic acids is 1. The van der Waals surface area contributed by atoms with Crippen LogP contribution in [0.3, 0.4) is 0 Å². The highest BCUT2D eigenvalue weighted by molar-refractivity contribution is 5.91. The summed E-state index contributed by atoms with van der Waals surface area (Å²) in [5, 5.41) is 2.93. The highest BCUT2D eigenvalue weighted by Crippen LogP contribution is 2.13.